The van der Waals surface area contributed by atoms with Crippen molar-refractivity contribution in [3.8, 4) is 0 Å². The standard InChI is InChI=1S/C16H15N4.Y/c1-19(13-14-7-3-2-4-8-14)17-11-15-12-18-20-10-6-5-9-16(15)20;/h2-11H,13H2,1H3;/q-1;/b17-11+;. The molecule has 4 nitrogen and oxygen atoms in total. The maximum Gasteiger partial charge on any atom is 0.0595 e. The molecule has 0 amide bonds. The number of benzene rings is 1. The van der Waals surface area contributed by atoms with Gasteiger partial charge in [-0.1, -0.05) is 48.7 Å². The number of nitrogens with zero attached hydrogens (tertiary/aromatic N) is 4. The molecule has 0 atom stereocenters. The molecule has 21 heavy (non-hydrogen) atoms. The van der Waals surface area contributed by atoms with Gasteiger partial charge in [0.15, 0.2) is 0 Å². The van der Waals surface area contributed by atoms with Gasteiger partial charge in [0, 0.05) is 46.0 Å². The van der Waals surface area contributed by atoms with Crippen molar-refractivity contribution >= 4 is 11.7 Å². The van der Waals surface area contributed by atoms with E-state index < -0.39 is 0 Å². The summed E-state index contributed by atoms with van der Waals surface area (Å²) in [5.41, 5.74) is 3.13. The summed E-state index contributed by atoms with van der Waals surface area (Å²) < 4.78 is 1.79. The van der Waals surface area contributed by atoms with Crippen LogP contribution < -0.4 is 0 Å². The molecular formula is C16H15N4Y-. The van der Waals surface area contributed by atoms with Crippen LogP contribution in [0.4, 0.5) is 0 Å². The number of rotatable bonds is 4. The molecule has 1 aromatic carbocycles. The molecular weight excluding hydrogens is 337 g/mol. The van der Waals surface area contributed by atoms with Gasteiger partial charge in [-0.05, 0) is 23.3 Å². The molecule has 0 saturated carbocycles. The Morgan fingerprint density at radius 1 is 1.19 bits per heavy atom. The van der Waals surface area contributed by atoms with Crippen LogP contribution >= 0.6 is 0 Å². The zero-order chi connectivity index (χ0) is 13.8. The van der Waals surface area contributed by atoms with E-state index in [4.69, 9.17) is 0 Å². The summed E-state index contributed by atoms with van der Waals surface area (Å²) in [6.07, 6.45) is 6.67. The van der Waals surface area contributed by atoms with Crippen molar-refractivity contribution in [1.82, 2.24) is 14.6 Å². The van der Waals surface area contributed by atoms with E-state index in [9.17, 15) is 0 Å². The fourth-order valence-corrected chi connectivity index (χ4v) is 2.04. The van der Waals surface area contributed by atoms with E-state index in [2.05, 4.69) is 28.5 Å². The van der Waals surface area contributed by atoms with Crippen LogP contribution in [0.3, 0.4) is 0 Å². The fraction of sp³-hybridized carbons (Fsp3) is 0.125. The summed E-state index contributed by atoms with van der Waals surface area (Å²) in [5.74, 6) is 0. The smallest absolute Gasteiger partial charge is 0.0595 e. The second kappa shape index (κ2) is 7.48. The molecule has 103 valence electrons. The van der Waals surface area contributed by atoms with Crippen LogP contribution in [-0.2, 0) is 39.3 Å². The molecule has 2 aromatic heterocycles. The Labute approximate surface area is 149 Å². The molecule has 0 spiro atoms. The molecule has 0 aliphatic heterocycles. The number of hydrogen-bond donors (Lipinski definition) is 0. The first-order chi connectivity index (χ1) is 9.83. The van der Waals surface area contributed by atoms with E-state index in [1.807, 2.05) is 54.7 Å². The minimum absolute atomic E-state index is 0. The number of aromatic nitrogens is 2. The van der Waals surface area contributed by atoms with Gasteiger partial charge in [0.1, 0.15) is 0 Å². The summed E-state index contributed by atoms with van der Waals surface area (Å²) in [6, 6.07) is 16.2. The normalized spacial score (nSPS) is 10.7. The quantitative estimate of drug-likeness (QED) is 0.411. The number of hydrogen-bond acceptors (Lipinski definition) is 3. The molecule has 3 aromatic rings. The van der Waals surface area contributed by atoms with Gasteiger partial charge in [0.25, 0.3) is 0 Å². The van der Waals surface area contributed by atoms with Crippen LogP contribution in [0, 0.1) is 6.20 Å². The average molecular weight is 352 g/mol. The topological polar surface area (TPSA) is 32.9 Å². The van der Waals surface area contributed by atoms with Crippen molar-refractivity contribution in [2.24, 2.45) is 5.10 Å². The van der Waals surface area contributed by atoms with Gasteiger partial charge >= 0.3 is 0 Å². The molecule has 0 aliphatic rings. The monoisotopic (exact) mass is 352 g/mol. The van der Waals surface area contributed by atoms with Gasteiger partial charge in [-0.2, -0.15) is 0 Å². The van der Waals surface area contributed by atoms with Crippen LogP contribution in [0.15, 0.2) is 59.8 Å². The third-order valence-corrected chi connectivity index (χ3v) is 3.03. The van der Waals surface area contributed by atoms with Gasteiger partial charge in [0.2, 0.25) is 0 Å². The molecule has 0 saturated heterocycles. The van der Waals surface area contributed by atoms with E-state index in [1.165, 1.54) is 5.56 Å². The second-order valence-electron chi connectivity index (χ2n) is 4.60. The van der Waals surface area contributed by atoms with E-state index >= 15 is 0 Å². The van der Waals surface area contributed by atoms with Gasteiger partial charge in [-0.3, -0.25) is 10.2 Å². The van der Waals surface area contributed by atoms with Gasteiger partial charge in [-0.25, -0.2) is 0 Å². The van der Waals surface area contributed by atoms with Gasteiger partial charge < -0.3 is 9.52 Å². The van der Waals surface area contributed by atoms with Crippen LogP contribution in [0.2, 0.25) is 0 Å². The maximum atomic E-state index is 4.44. The van der Waals surface area contributed by atoms with E-state index in [1.54, 1.807) is 10.7 Å². The van der Waals surface area contributed by atoms with Crippen molar-refractivity contribution in [1.29, 1.82) is 0 Å². The number of pyridine rings is 1. The minimum atomic E-state index is 0. The second-order valence-corrected chi connectivity index (χ2v) is 4.60. The maximum absolute atomic E-state index is 4.44. The summed E-state index contributed by atoms with van der Waals surface area (Å²) in [6.45, 7) is 0.774. The zero-order valence-corrected chi connectivity index (χ0v) is 14.7. The average Bonchev–Trinajstić information content (AvgIpc) is 2.89. The molecule has 0 aliphatic carbocycles. The summed E-state index contributed by atoms with van der Waals surface area (Å²) in [4.78, 5) is 0. The van der Waals surface area contributed by atoms with Crippen LogP contribution in [0.1, 0.15) is 11.1 Å². The zero-order valence-electron chi connectivity index (χ0n) is 11.8. The molecule has 0 unspecified atom stereocenters. The summed E-state index contributed by atoms with van der Waals surface area (Å²) in [5, 5.41) is 10.5. The van der Waals surface area contributed by atoms with Crippen LogP contribution in [0.5, 0.6) is 0 Å². The predicted octanol–water partition coefficient (Wildman–Crippen LogP) is 2.60. The van der Waals surface area contributed by atoms with Crippen molar-refractivity contribution in [3.63, 3.8) is 0 Å². The SMILES string of the molecule is CN(Cc1ccccc1)/N=C/c1[c-]nn2ccccc12.[Y]. The largest absolute Gasteiger partial charge is 0.308 e. The predicted molar refractivity (Wildman–Crippen MR) is 79.5 cm³/mol. The summed E-state index contributed by atoms with van der Waals surface area (Å²) >= 11 is 0. The molecule has 3 rings (SSSR count). The Balaban J connectivity index is 0.00000161. The van der Waals surface area contributed by atoms with Gasteiger partial charge in [-0.15, -0.1) is 5.56 Å². The van der Waals surface area contributed by atoms with Crippen molar-refractivity contribution in [2.75, 3.05) is 7.05 Å². The fourth-order valence-electron chi connectivity index (χ4n) is 2.04. The van der Waals surface area contributed by atoms with E-state index in [0.29, 0.717) is 0 Å². The van der Waals surface area contributed by atoms with Crippen LogP contribution in [-0.4, -0.2) is 27.9 Å². The first kappa shape index (κ1) is 15.9. The van der Waals surface area contributed by atoms with Crippen LogP contribution in [0.25, 0.3) is 5.52 Å². The number of fused-ring (bicyclic) bond motifs is 1. The minimum Gasteiger partial charge on any atom is -0.308 e. The molecule has 0 fully saturated rings. The third-order valence-electron chi connectivity index (χ3n) is 3.03. The van der Waals surface area contributed by atoms with Crippen molar-refractivity contribution in [2.45, 2.75) is 6.54 Å². The van der Waals surface area contributed by atoms with E-state index in [0.717, 1.165) is 17.6 Å². The first-order valence-electron chi connectivity index (χ1n) is 6.47. The first-order valence-corrected chi connectivity index (χ1v) is 6.47. The Hall–Kier alpha value is -1.52. The Morgan fingerprint density at radius 2 is 1.95 bits per heavy atom. The van der Waals surface area contributed by atoms with Gasteiger partial charge in [0.05, 0.1) is 6.54 Å². The molecule has 2 heterocycles. The summed E-state index contributed by atoms with van der Waals surface area (Å²) in [7, 11) is 1.95. The Morgan fingerprint density at radius 3 is 2.76 bits per heavy atom. The third kappa shape index (κ3) is 3.99. The molecule has 0 bridgehead atoms. The molecule has 0 N–H and O–H groups in total. The van der Waals surface area contributed by atoms with Crippen molar-refractivity contribution < 1.29 is 32.7 Å². The number of hydrazone groups is 1. The molecule has 1 radical (unpaired) electrons. The van der Waals surface area contributed by atoms with E-state index in [-0.39, 0.29) is 32.7 Å². The van der Waals surface area contributed by atoms with Crippen molar-refractivity contribution in [3.05, 3.63) is 72.1 Å². The molecule has 5 heteroatoms. The Bertz CT molecular complexity index is 721. The Kier molecular flexibility index (Phi) is 5.65.